The van der Waals surface area contributed by atoms with Crippen LogP contribution in [0.4, 0.5) is 5.69 Å². The summed E-state index contributed by atoms with van der Waals surface area (Å²) in [6.07, 6.45) is 5.17. The first kappa shape index (κ1) is 18.1. The second-order valence-electron chi connectivity index (χ2n) is 5.32. The lowest BCUT2D eigenvalue weighted by Gasteiger charge is -2.15. The van der Waals surface area contributed by atoms with Gasteiger partial charge in [-0.1, -0.05) is 18.1 Å². The summed E-state index contributed by atoms with van der Waals surface area (Å²) in [6, 6.07) is 13.2. The van der Waals surface area contributed by atoms with Crippen molar-refractivity contribution >= 4 is 17.4 Å². The number of esters is 1. The number of nitrogens with one attached hydrogen (secondary N) is 1. The molecule has 5 heteroatoms. The molecule has 0 bridgehead atoms. The highest BCUT2D eigenvalue weighted by Crippen LogP contribution is 2.17. The molecule has 2 aromatic carbocycles. The second kappa shape index (κ2) is 8.55. The van der Waals surface area contributed by atoms with Crippen molar-refractivity contribution in [2.45, 2.75) is 13.0 Å². The van der Waals surface area contributed by atoms with Gasteiger partial charge in [0.15, 0.2) is 5.78 Å². The summed E-state index contributed by atoms with van der Waals surface area (Å²) < 4.78 is 9.99. The van der Waals surface area contributed by atoms with E-state index in [1.807, 2.05) is 0 Å². The van der Waals surface area contributed by atoms with Gasteiger partial charge in [0.1, 0.15) is 12.4 Å². The highest BCUT2D eigenvalue weighted by atomic mass is 16.5. The molecule has 0 aliphatic rings. The van der Waals surface area contributed by atoms with Gasteiger partial charge in [-0.25, -0.2) is 4.79 Å². The lowest BCUT2D eigenvalue weighted by atomic mass is 10.0. The lowest BCUT2D eigenvalue weighted by molar-refractivity contribution is 0.0600. The number of anilines is 1. The van der Waals surface area contributed by atoms with Crippen molar-refractivity contribution in [1.29, 1.82) is 0 Å². The van der Waals surface area contributed by atoms with Crippen LogP contribution in [-0.2, 0) is 4.74 Å². The van der Waals surface area contributed by atoms with E-state index in [2.05, 4.69) is 16.0 Å². The molecule has 1 N–H and O–H groups in total. The van der Waals surface area contributed by atoms with Crippen LogP contribution in [0.25, 0.3) is 0 Å². The van der Waals surface area contributed by atoms with Gasteiger partial charge in [0.05, 0.1) is 18.7 Å². The summed E-state index contributed by atoms with van der Waals surface area (Å²) in [7, 11) is 1.33. The number of hydrogen-bond acceptors (Lipinski definition) is 5. The second-order valence-corrected chi connectivity index (χ2v) is 5.32. The fourth-order valence-electron chi connectivity index (χ4n) is 2.25. The van der Waals surface area contributed by atoms with Crippen LogP contribution in [0.5, 0.6) is 5.75 Å². The number of hydrogen-bond donors (Lipinski definition) is 1. The quantitative estimate of drug-likeness (QED) is 0.478. The predicted molar refractivity (Wildman–Crippen MR) is 96.0 cm³/mol. The number of Topliss-reactive ketones (excluding diaryl/α,β-unsaturated/α-hetero) is 1. The van der Waals surface area contributed by atoms with E-state index in [1.165, 1.54) is 7.11 Å². The Morgan fingerprint density at radius 1 is 1.16 bits per heavy atom. The van der Waals surface area contributed by atoms with E-state index in [0.717, 1.165) is 5.69 Å². The van der Waals surface area contributed by atoms with Gasteiger partial charge in [0, 0.05) is 11.3 Å². The number of ether oxygens (including phenoxy) is 2. The van der Waals surface area contributed by atoms with Gasteiger partial charge in [0.25, 0.3) is 0 Å². The van der Waals surface area contributed by atoms with E-state index in [4.69, 9.17) is 11.2 Å². The third kappa shape index (κ3) is 4.85. The van der Waals surface area contributed by atoms with Gasteiger partial charge in [-0.05, 0) is 43.3 Å². The number of carbonyl (C=O) groups is 2. The molecule has 0 amide bonds. The van der Waals surface area contributed by atoms with Crippen molar-refractivity contribution in [2.24, 2.45) is 0 Å². The summed E-state index contributed by atoms with van der Waals surface area (Å²) in [5.74, 6) is 2.45. The number of ketones is 1. The largest absolute Gasteiger partial charge is 0.481 e. The Morgan fingerprint density at radius 2 is 1.88 bits per heavy atom. The maximum absolute atomic E-state index is 12.6. The molecular formula is C20H19NO4. The molecule has 0 saturated carbocycles. The van der Waals surface area contributed by atoms with E-state index in [1.54, 1.807) is 55.5 Å². The van der Waals surface area contributed by atoms with Gasteiger partial charge in [-0.15, -0.1) is 6.42 Å². The minimum absolute atomic E-state index is 0.0804. The summed E-state index contributed by atoms with van der Waals surface area (Å²) in [5, 5.41) is 3.11. The lowest BCUT2D eigenvalue weighted by Crippen LogP contribution is -2.26. The molecule has 0 fully saturated rings. The smallest absolute Gasteiger partial charge is 0.337 e. The summed E-state index contributed by atoms with van der Waals surface area (Å²) >= 11 is 0. The Bertz CT molecular complexity index is 790. The number of carbonyl (C=O) groups excluding carboxylic acids is 2. The van der Waals surface area contributed by atoms with Crippen molar-refractivity contribution < 1.29 is 19.1 Å². The molecular weight excluding hydrogens is 318 g/mol. The molecule has 25 heavy (non-hydrogen) atoms. The van der Waals surface area contributed by atoms with Crippen molar-refractivity contribution in [1.82, 2.24) is 0 Å². The monoisotopic (exact) mass is 337 g/mol. The van der Waals surface area contributed by atoms with Gasteiger partial charge in [-0.2, -0.15) is 0 Å². The van der Waals surface area contributed by atoms with E-state index in [-0.39, 0.29) is 12.4 Å². The molecule has 2 rings (SSSR count). The highest BCUT2D eigenvalue weighted by Gasteiger charge is 2.16. The maximum Gasteiger partial charge on any atom is 0.337 e. The molecule has 0 spiro atoms. The van der Waals surface area contributed by atoms with Crippen LogP contribution in [0.1, 0.15) is 27.6 Å². The molecule has 0 aromatic heterocycles. The van der Waals surface area contributed by atoms with E-state index < -0.39 is 12.0 Å². The highest BCUT2D eigenvalue weighted by molar-refractivity contribution is 6.01. The van der Waals surface area contributed by atoms with Crippen LogP contribution >= 0.6 is 0 Å². The van der Waals surface area contributed by atoms with Gasteiger partial charge < -0.3 is 14.8 Å². The van der Waals surface area contributed by atoms with Crippen molar-refractivity contribution in [3.8, 4) is 18.1 Å². The Balaban J connectivity index is 2.05. The third-order valence-corrected chi connectivity index (χ3v) is 3.52. The molecule has 128 valence electrons. The Labute approximate surface area is 147 Å². The van der Waals surface area contributed by atoms with Gasteiger partial charge in [-0.3, -0.25) is 4.79 Å². The maximum atomic E-state index is 12.6. The Morgan fingerprint density at radius 3 is 2.52 bits per heavy atom. The van der Waals surface area contributed by atoms with Crippen LogP contribution < -0.4 is 10.1 Å². The van der Waals surface area contributed by atoms with Gasteiger partial charge in [0.2, 0.25) is 0 Å². The minimum atomic E-state index is -0.452. The molecule has 0 saturated heterocycles. The first-order chi connectivity index (χ1) is 12.0. The third-order valence-electron chi connectivity index (χ3n) is 3.52. The first-order valence-corrected chi connectivity index (χ1v) is 7.70. The molecule has 2 aromatic rings. The van der Waals surface area contributed by atoms with Gasteiger partial charge >= 0.3 is 5.97 Å². The van der Waals surface area contributed by atoms with Crippen LogP contribution in [0, 0.1) is 12.3 Å². The molecule has 0 heterocycles. The summed E-state index contributed by atoms with van der Waals surface area (Å²) in [4.78, 5) is 24.0. The topological polar surface area (TPSA) is 64.6 Å². The zero-order chi connectivity index (χ0) is 18.2. The van der Waals surface area contributed by atoms with Crippen molar-refractivity contribution in [2.75, 3.05) is 19.0 Å². The number of terminal acetylenes is 1. The number of benzene rings is 2. The zero-order valence-corrected chi connectivity index (χ0v) is 14.1. The predicted octanol–water partition coefficient (Wildman–Crippen LogP) is 3.17. The average Bonchev–Trinajstić information content (AvgIpc) is 2.65. The number of methoxy groups -OCH3 is 1. The van der Waals surface area contributed by atoms with Crippen LogP contribution in [0.15, 0.2) is 48.5 Å². The van der Waals surface area contributed by atoms with Crippen molar-refractivity contribution in [3.63, 3.8) is 0 Å². The zero-order valence-electron chi connectivity index (χ0n) is 14.1. The van der Waals surface area contributed by atoms with Crippen LogP contribution in [-0.4, -0.2) is 31.5 Å². The molecule has 1 atom stereocenters. The van der Waals surface area contributed by atoms with E-state index in [9.17, 15) is 9.59 Å². The Kier molecular flexibility index (Phi) is 6.19. The standard InChI is InChI=1S/C20H19NO4/c1-4-12-25-18-7-5-6-16(13-18)19(22)14(2)21-17-10-8-15(9-11-17)20(23)24-3/h1,5-11,13-14,21H,12H2,2-3H3/t14-/m0/s1. The normalized spacial score (nSPS) is 11.1. The first-order valence-electron chi connectivity index (χ1n) is 7.70. The molecule has 5 nitrogen and oxygen atoms in total. The SMILES string of the molecule is C#CCOc1cccc(C(=O)[C@H](C)Nc2ccc(C(=O)OC)cc2)c1. The minimum Gasteiger partial charge on any atom is -0.481 e. The summed E-state index contributed by atoms with van der Waals surface area (Å²) in [5.41, 5.74) is 1.71. The molecule has 0 radical (unpaired) electrons. The Hall–Kier alpha value is -3.26. The molecule has 0 aliphatic heterocycles. The van der Waals surface area contributed by atoms with Crippen LogP contribution in [0.2, 0.25) is 0 Å². The fraction of sp³-hybridized carbons (Fsp3) is 0.200. The molecule has 0 unspecified atom stereocenters. The summed E-state index contributed by atoms with van der Waals surface area (Å²) in [6.45, 7) is 1.92. The van der Waals surface area contributed by atoms with E-state index in [0.29, 0.717) is 16.9 Å². The van der Waals surface area contributed by atoms with Crippen molar-refractivity contribution in [3.05, 3.63) is 59.7 Å². The molecule has 0 aliphatic carbocycles. The average molecular weight is 337 g/mol. The number of rotatable bonds is 7. The fourth-order valence-corrected chi connectivity index (χ4v) is 2.25. The van der Waals surface area contributed by atoms with E-state index >= 15 is 0 Å². The van der Waals surface area contributed by atoms with Crippen LogP contribution in [0.3, 0.4) is 0 Å².